The number of nitrogens with one attached hydrogen (secondary N) is 1. The molecule has 3 nitrogen and oxygen atoms in total. The summed E-state index contributed by atoms with van der Waals surface area (Å²) in [5.41, 5.74) is 1.07. The van der Waals surface area contributed by atoms with E-state index in [-0.39, 0.29) is 0 Å². The molecule has 2 aromatic rings. The average Bonchev–Trinajstić information content (AvgIpc) is 2.94. The van der Waals surface area contributed by atoms with Crippen LogP contribution in [0.3, 0.4) is 0 Å². The monoisotopic (exact) mass is 283 g/mol. The number of rotatable bonds is 5. The third kappa shape index (κ3) is 3.34. The molecule has 0 bridgehead atoms. The average molecular weight is 284 g/mol. The van der Waals surface area contributed by atoms with Gasteiger partial charge in [-0.2, -0.15) is 5.10 Å². The first-order valence-electron chi connectivity index (χ1n) is 6.09. The van der Waals surface area contributed by atoms with Crippen molar-refractivity contribution in [2.45, 2.75) is 39.4 Å². The molecule has 1 atom stereocenters. The van der Waals surface area contributed by atoms with Crippen molar-refractivity contribution in [3.8, 4) is 0 Å². The highest BCUT2D eigenvalue weighted by Gasteiger charge is 2.09. The summed E-state index contributed by atoms with van der Waals surface area (Å²) < 4.78 is 2.81. The maximum atomic E-state index is 5.93. The summed E-state index contributed by atoms with van der Waals surface area (Å²) in [4.78, 5) is 1.25. The van der Waals surface area contributed by atoms with Crippen LogP contribution in [0.4, 0.5) is 0 Å². The van der Waals surface area contributed by atoms with Crippen LogP contribution in [0.5, 0.6) is 0 Å². The molecule has 2 heterocycles. The smallest absolute Gasteiger partial charge is 0.0931 e. The summed E-state index contributed by atoms with van der Waals surface area (Å²) >= 11 is 7.55. The largest absolute Gasteiger partial charge is 0.304 e. The van der Waals surface area contributed by atoms with E-state index in [1.165, 1.54) is 4.88 Å². The Hall–Kier alpha value is -0.840. The van der Waals surface area contributed by atoms with Crippen LogP contribution in [0.1, 0.15) is 43.4 Å². The van der Waals surface area contributed by atoms with Crippen molar-refractivity contribution in [3.63, 3.8) is 0 Å². The Kier molecular flexibility index (Phi) is 4.43. The van der Waals surface area contributed by atoms with E-state index in [0.29, 0.717) is 12.1 Å². The molecule has 0 saturated carbocycles. The second-order valence-electron chi connectivity index (χ2n) is 4.63. The molecule has 98 valence electrons. The van der Waals surface area contributed by atoms with E-state index in [2.05, 4.69) is 43.3 Å². The maximum Gasteiger partial charge on any atom is 0.0931 e. The van der Waals surface area contributed by atoms with Gasteiger partial charge in [-0.3, -0.25) is 4.68 Å². The topological polar surface area (TPSA) is 29.9 Å². The summed E-state index contributed by atoms with van der Waals surface area (Å²) in [6.07, 6.45) is 2.02. The van der Waals surface area contributed by atoms with E-state index in [4.69, 9.17) is 11.6 Å². The molecule has 0 aromatic carbocycles. The van der Waals surface area contributed by atoms with Gasteiger partial charge in [0, 0.05) is 29.7 Å². The molecule has 1 unspecified atom stereocenters. The molecule has 0 saturated heterocycles. The van der Waals surface area contributed by atoms with Gasteiger partial charge in [0.05, 0.1) is 10.0 Å². The van der Waals surface area contributed by atoms with Crippen LogP contribution in [-0.2, 0) is 6.54 Å². The first kappa shape index (κ1) is 13.6. The maximum absolute atomic E-state index is 5.93. The van der Waals surface area contributed by atoms with E-state index in [1.807, 2.05) is 16.9 Å². The van der Waals surface area contributed by atoms with Gasteiger partial charge < -0.3 is 5.32 Å². The van der Waals surface area contributed by atoms with Gasteiger partial charge in [-0.25, -0.2) is 0 Å². The second kappa shape index (κ2) is 5.87. The second-order valence-corrected chi connectivity index (χ2v) is 6.37. The number of thiophene rings is 1. The highest BCUT2D eigenvalue weighted by Crippen LogP contribution is 2.26. The zero-order valence-corrected chi connectivity index (χ0v) is 12.4. The highest BCUT2D eigenvalue weighted by atomic mass is 35.5. The van der Waals surface area contributed by atoms with Crippen LogP contribution in [0.2, 0.25) is 4.34 Å². The third-order valence-electron chi connectivity index (χ3n) is 2.80. The van der Waals surface area contributed by atoms with Crippen molar-refractivity contribution in [2.24, 2.45) is 0 Å². The molecule has 18 heavy (non-hydrogen) atoms. The number of aromatic nitrogens is 2. The number of hydrogen-bond donors (Lipinski definition) is 1. The van der Waals surface area contributed by atoms with Crippen LogP contribution in [-0.4, -0.2) is 9.78 Å². The minimum Gasteiger partial charge on any atom is -0.304 e. The zero-order chi connectivity index (χ0) is 13.1. The molecule has 0 fully saturated rings. The normalized spacial score (nSPS) is 13.2. The number of halogens is 1. The summed E-state index contributed by atoms with van der Waals surface area (Å²) in [5.74, 6) is 0. The van der Waals surface area contributed by atoms with Gasteiger partial charge in [0.2, 0.25) is 0 Å². The minimum absolute atomic E-state index is 0.298. The molecule has 0 aliphatic heterocycles. The van der Waals surface area contributed by atoms with Crippen LogP contribution in [0.15, 0.2) is 24.4 Å². The van der Waals surface area contributed by atoms with E-state index in [9.17, 15) is 0 Å². The molecule has 0 spiro atoms. The Morgan fingerprint density at radius 3 is 2.67 bits per heavy atom. The number of nitrogens with zero attached hydrogens (tertiary/aromatic N) is 2. The summed E-state index contributed by atoms with van der Waals surface area (Å²) in [6.45, 7) is 7.17. The lowest BCUT2D eigenvalue weighted by Crippen LogP contribution is -2.17. The molecule has 0 aliphatic carbocycles. The van der Waals surface area contributed by atoms with Gasteiger partial charge in [0.1, 0.15) is 0 Å². The van der Waals surface area contributed by atoms with Crippen LogP contribution in [0.25, 0.3) is 0 Å². The Morgan fingerprint density at radius 2 is 2.11 bits per heavy atom. The van der Waals surface area contributed by atoms with Crippen LogP contribution >= 0.6 is 22.9 Å². The molecular weight excluding hydrogens is 266 g/mol. The molecule has 2 aromatic heterocycles. The summed E-state index contributed by atoms with van der Waals surface area (Å²) in [7, 11) is 0. The third-order valence-corrected chi connectivity index (χ3v) is 4.22. The predicted molar refractivity (Wildman–Crippen MR) is 77.2 cm³/mol. The predicted octanol–water partition coefficient (Wildman–Crippen LogP) is 4.03. The van der Waals surface area contributed by atoms with Gasteiger partial charge in [-0.05, 0) is 39.0 Å². The van der Waals surface area contributed by atoms with Crippen molar-refractivity contribution < 1.29 is 0 Å². The fourth-order valence-electron chi connectivity index (χ4n) is 1.68. The van der Waals surface area contributed by atoms with E-state index < -0.39 is 0 Å². The first-order valence-corrected chi connectivity index (χ1v) is 7.28. The Balaban J connectivity index is 1.90. The van der Waals surface area contributed by atoms with Crippen molar-refractivity contribution >= 4 is 22.9 Å². The zero-order valence-electron chi connectivity index (χ0n) is 10.9. The first-order chi connectivity index (χ1) is 8.56. The van der Waals surface area contributed by atoms with Gasteiger partial charge in [-0.1, -0.05) is 11.6 Å². The lowest BCUT2D eigenvalue weighted by molar-refractivity contribution is 0.513. The minimum atomic E-state index is 0.298. The Labute approximate surface area is 117 Å². The van der Waals surface area contributed by atoms with Crippen molar-refractivity contribution in [1.82, 2.24) is 15.1 Å². The Morgan fingerprint density at radius 1 is 1.33 bits per heavy atom. The van der Waals surface area contributed by atoms with Gasteiger partial charge in [0.15, 0.2) is 0 Å². The molecule has 0 aliphatic rings. The number of hydrogen-bond acceptors (Lipinski definition) is 3. The lowest BCUT2D eigenvalue weighted by atomic mass is 10.2. The fraction of sp³-hybridized carbons (Fsp3) is 0.462. The lowest BCUT2D eigenvalue weighted by Gasteiger charge is -2.10. The van der Waals surface area contributed by atoms with Gasteiger partial charge in [-0.15, -0.1) is 11.3 Å². The summed E-state index contributed by atoms with van der Waals surface area (Å²) in [5, 5.41) is 7.97. The highest BCUT2D eigenvalue weighted by molar-refractivity contribution is 7.16. The van der Waals surface area contributed by atoms with E-state index in [1.54, 1.807) is 11.3 Å². The van der Waals surface area contributed by atoms with Crippen molar-refractivity contribution in [2.75, 3.05) is 0 Å². The van der Waals surface area contributed by atoms with Crippen molar-refractivity contribution in [3.05, 3.63) is 39.3 Å². The van der Waals surface area contributed by atoms with Crippen LogP contribution in [0, 0.1) is 0 Å². The molecular formula is C13H18ClN3S. The molecule has 5 heteroatoms. The van der Waals surface area contributed by atoms with Gasteiger partial charge in [0.25, 0.3) is 0 Å². The molecule has 0 amide bonds. The van der Waals surface area contributed by atoms with E-state index in [0.717, 1.165) is 16.6 Å². The molecule has 2 rings (SSSR count). The van der Waals surface area contributed by atoms with Crippen LogP contribution < -0.4 is 5.32 Å². The molecule has 0 radical (unpaired) electrons. The van der Waals surface area contributed by atoms with Gasteiger partial charge >= 0.3 is 0 Å². The van der Waals surface area contributed by atoms with E-state index >= 15 is 0 Å². The van der Waals surface area contributed by atoms with Crippen molar-refractivity contribution in [1.29, 1.82) is 0 Å². The fourth-order valence-corrected chi connectivity index (χ4v) is 2.77. The standard InChI is InChI=1S/C13H18ClN3S/c1-9(2)17-7-6-11(16-17)8-15-10(3)12-4-5-13(14)18-12/h4-7,9-10,15H,8H2,1-3H3. The molecule has 1 N–H and O–H groups in total. The quantitative estimate of drug-likeness (QED) is 0.898. The summed E-state index contributed by atoms with van der Waals surface area (Å²) in [6, 6.07) is 6.77. The SMILES string of the molecule is CC(NCc1ccn(C(C)C)n1)c1ccc(Cl)s1. The Bertz CT molecular complexity index is 504.